The SMILES string of the molecule is C[C@@H](COCCC(=O)N1C[C@@H]2COc3cc(C(F)(F)F)cnc3N2CC1=O)Nc1cn[nH]c(=O)c1C(F)(F)F. The molecule has 2 N–H and O–H groups in total. The molecule has 0 saturated carbocycles. The van der Waals surface area contributed by atoms with E-state index in [1.54, 1.807) is 5.10 Å². The minimum atomic E-state index is -4.91. The predicted octanol–water partition coefficient (Wildman–Crippen LogP) is 2.05. The third kappa shape index (κ3) is 6.23. The number of fused-ring (bicyclic) bond motifs is 3. The summed E-state index contributed by atoms with van der Waals surface area (Å²) in [6.45, 7) is 0.788. The summed E-state index contributed by atoms with van der Waals surface area (Å²) in [5, 5.41) is 7.59. The Morgan fingerprint density at radius 1 is 1.23 bits per heavy atom. The van der Waals surface area contributed by atoms with Crippen LogP contribution in [0.3, 0.4) is 0 Å². The van der Waals surface area contributed by atoms with E-state index < -0.39 is 58.6 Å². The molecule has 2 aromatic heterocycles. The quantitative estimate of drug-likeness (QED) is 0.384. The summed E-state index contributed by atoms with van der Waals surface area (Å²) in [7, 11) is 0. The Bertz CT molecular complexity index is 1300. The number of aromatic nitrogens is 3. The molecule has 0 aliphatic carbocycles. The van der Waals surface area contributed by atoms with Crippen molar-refractivity contribution < 1.29 is 45.4 Å². The van der Waals surface area contributed by atoms with Crippen LogP contribution in [0.5, 0.6) is 5.75 Å². The lowest BCUT2D eigenvalue weighted by atomic mass is 10.1. The highest BCUT2D eigenvalue weighted by Gasteiger charge is 2.41. The maximum atomic E-state index is 13.2. The van der Waals surface area contributed by atoms with Gasteiger partial charge in [-0.2, -0.15) is 31.4 Å². The zero-order valence-electron chi connectivity index (χ0n) is 20.2. The third-order valence-corrected chi connectivity index (χ3v) is 5.97. The van der Waals surface area contributed by atoms with Gasteiger partial charge in [0.25, 0.3) is 5.56 Å². The van der Waals surface area contributed by atoms with E-state index in [-0.39, 0.29) is 50.9 Å². The highest BCUT2D eigenvalue weighted by Crippen LogP contribution is 2.38. The van der Waals surface area contributed by atoms with Crippen molar-refractivity contribution in [2.45, 2.75) is 37.8 Å². The molecule has 4 rings (SSSR count). The van der Waals surface area contributed by atoms with Crippen LogP contribution < -0.4 is 20.5 Å². The van der Waals surface area contributed by atoms with Crippen molar-refractivity contribution in [3.05, 3.63) is 39.9 Å². The number of piperazine rings is 1. The van der Waals surface area contributed by atoms with E-state index in [0.717, 1.165) is 17.2 Å². The number of halogens is 6. The Kier molecular flexibility index (Phi) is 7.72. The molecule has 2 amide bonds. The van der Waals surface area contributed by atoms with Crippen LogP contribution >= 0.6 is 0 Å². The van der Waals surface area contributed by atoms with Gasteiger partial charge in [-0.3, -0.25) is 19.3 Å². The molecule has 0 spiro atoms. The van der Waals surface area contributed by atoms with Crippen LogP contribution in [0.1, 0.15) is 24.5 Å². The first-order valence-corrected chi connectivity index (χ1v) is 11.5. The fraction of sp³-hybridized carbons (Fsp3) is 0.500. The molecule has 0 unspecified atom stereocenters. The van der Waals surface area contributed by atoms with Crippen LogP contribution in [-0.4, -0.2) is 76.9 Å². The number of alkyl halides is 6. The summed E-state index contributed by atoms with van der Waals surface area (Å²) in [5.41, 5.74) is -4.34. The minimum Gasteiger partial charge on any atom is -0.487 e. The van der Waals surface area contributed by atoms with Gasteiger partial charge in [-0.1, -0.05) is 0 Å². The van der Waals surface area contributed by atoms with E-state index >= 15 is 0 Å². The Balaban J connectivity index is 1.28. The van der Waals surface area contributed by atoms with Gasteiger partial charge in [0.1, 0.15) is 12.2 Å². The fourth-order valence-electron chi connectivity index (χ4n) is 4.15. The van der Waals surface area contributed by atoms with E-state index in [1.165, 1.54) is 11.8 Å². The summed E-state index contributed by atoms with van der Waals surface area (Å²) in [6, 6.07) is -0.400. The van der Waals surface area contributed by atoms with Crippen molar-refractivity contribution >= 4 is 23.3 Å². The van der Waals surface area contributed by atoms with E-state index in [4.69, 9.17) is 9.47 Å². The van der Waals surface area contributed by atoms with Gasteiger partial charge < -0.3 is 19.7 Å². The Labute approximate surface area is 216 Å². The molecule has 2 atom stereocenters. The average Bonchev–Trinajstić information content (AvgIpc) is 2.84. The zero-order valence-corrected chi connectivity index (χ0v) is 20.2. The first kappa shape index (κ1) is 28.1. The molecule has 39 heavy (non-hydrogen) atoms. The summed E-state index contributed by atoms with van der Waals surface area (Å²) in [6.07, 6.45) is -8.25. The monoisotopic (exact) mass is 564 g/mol. The summed E-state index contributed by atoms with van der Waals surface area (Å²) < 4.78 is 89.1. The summed E-state index contributed by atoms with van der Waals surface area (Å²) >= 11 is 0. The first-order chi connectivity index (χ1) is 18.3. The normalized spacial score (nSPS) is 18.2. The van der Waals surface area contributed by atoms with Gasteiger partial charge in [-0.05, 0) is 13.0 Å². The maximum Gasteiger partial charge on any atom is 0.423 e. The minimum absolute atomic E-state index is 0.0656. The van der Waals surface area contributed by atoms with Crippen molar-refractivity contribution in [2.24, 2.45) is 0 Å². The van der Waals surface area contributed by atoms with Crippen molar-refractivity contribution in [3.63, 3.8) is 0 Å². The van der Waals surface area contributed by atoms with Crippen LogP contribution in [0.25, 0.3) is 0 Å². The number of ether oxygens (including phenoxy) is 2. The standard InChI is InChI=1S/C22H22F6N6O5/c1-11(31-14-6-30-32-20(37)18(14)22(26,27)28)9-38-3-2-16(35)34-7-13-10-39-15-4-12(21(23,24)25)5-29-19(15)33(13)8-17(34)36/h4-6,11,13H,2-3,7-10H2,1H3,(H2,31,32,37)/t11-,13+/m0/s1. The molecule has 1 fully saturated rings. The molecular formula is C22H22F6N6O5. The first-order valence-electron chi connectivity index (χ1n) is 11.5. The van der Waals surface area contributed by atoms with Gasteiger partial charge in [-0.15, -0.1) is 0 Å². The van der Waals surface area contributed by atoms with Crippen molar-refractivity contribution in [3.8, 4) is 5.75 Å². The second kappa shape index (κ2) is 10.7. The average molecular weight is 564 g/mol. The molecule has 4 heterocycles. The molecule has 17 heteroatoms. The van der Waals surface area contributed by atoms with Gasteiger partial charge in [-0.25, -0.2) is 10.1 Å². The van der Waals surface area contributed by atoms with Crippen LogP contribution in [0.15, 0.2) is 23.3 Å². The molecule has 212 valence electrons. The van der Waals surface area contributed by atoms with E-state index in [9.17, 15) is 40.7 Å². The number of imide groups is 1. The largest absolute Gasteiger partial charge is 0.487 e. The van der Waals surface area contributed by atoms with E-state index in [0.29, 0.717) is 6.20 Å². The molecule has 2 aliphatic heterocycles. The predicted molar refractivity (Wildman–Crippen MR) is 121 cm³/mol. The van der Waals surface area contributed by atoms with Crippen molar-refractivity contribution in [1.82, 2.24) is 20.1 Å². The van der Waals surface area contributed by atoms with Crippen LogP contribution in [-0.2, 0) is 26.7 Å². The third-order valence-electron chi connectivity index (χ3n) is 5.97. The van der Waals surface area contributed by atoms with Gasteiger partial charge in [0.05, 0.1) is 56.2 Å². The molecule has 0 aromatic carbocycles. The lowest BCUT2D eigenvalue weighted by Gasteiger charge is -2.43. The second-order valence-corrected chi connectivity index (χ2v) is 8.89. The number of pyridine rings is 1. The summed E-state index contributed by atoms with van der Waals surface area (Å²) in [4.78, 5) is 43.2. The number of H-pyrrole nitrogens is 1. The van der Waals surface area contributed by atoms with Crippen LogP contribution in [0.4, 0.5) is 37.8 Å². The molecule has 1 saturated heterocycles. The van der Waals surface area contributed by atoms with E-state index in [2.05, 4.69) is 15.4 Å². The molecule has 2 aromatic rings. The smallest absolute Gasteiger partial charge is 0.423 e. The van der Waals surface area contributed by atoms with Crippen LogP contribution in [0, 0.1) is 0 Å². The van der Waals surface area contributed by atoms with Gasteiger partial charge in [0.15, 0.2) is 11.6 Å². The number of anilines is 2. The number of nitrogens with one attached hydrogen (secondary N) is 2. The number of carbonyl (C=O) groups is 2. The number of hydrogen-bond donors (Lipinski definition) is 2. The Hall–Kier alpha value is -3.89. The Morgan fingerprint density at radius 2 is 1.97 bits per heavy atom. The Morgan fingerprint density at radius 3 is 2.67 bits per heavy atom. The lowest BCUT2D eigenvalue weighted by molar-refractivity contribution is -0.147. The number of rotatable bonds is 7. The van der Waals surface area contributed by atoms with E-state index in [1.807, 2.05) is 0 Å². The maximum absolute atomic E-state index is 13.2. The molecular weight excluding hydrogens is 542 g/mol. The number of hydrogen-bond acceptors (Lipinski definition) is 9. The molecule has 0 radical (unpaired) electrons. The highest BCUT2D eigenvalue weighted by molar-refractivity contribution is 5.98. The molecule has 2 aliphatic rings. The number of amides is 2. The molecule has 0 bridgehead atoms. The number of aromatic amines is 1. The lowest BCUT2D eigenvalue weighted by Crippen LogP contribution is -2.61. The van der Waals surface area contributed by atoms with Gasteiger partial charge in [0, 0.05) is 12.2 Å². The van der Waals surface area contributed by atoms with Gasteiger partial charge >= 0.3 is 12.4 Å². The van der Waals surface area contributed by atoms with Crippen molar-refractivity contribution in [2.75, 3.05) is 43.1 Å². The number of nitrogens with zero attached hydrogens (tertiary/aromatic N) is 4. The summed E-state index contributed by atoms with van der Waals surface area (Å²) in [5.74, 6) is -1.18. The van der Waals surface area contributed by atoms with Gasteiger partial charge in [0.2, 0.25) is 11.8 Å². The second-order valence-electron chi connectivity index (χ2n) is 8.89. The highest BCUT2D eigenvalue weighted by atomic mass is 19.4. The zero-order chi connectivity index (χ0) is 28.5. The number of carbonyl (C=O) groups excluding carboxylic acids is 2. The topological polar surface area (TPSA) is 130 Å². The molecule has 11 nitrogen and oxygen atoms in total. The van der Waals surface area contributed by atoms with Crippen molar-refractivity contribution in [1.29, 1.82) is 0 Å². The fourth-order valence-corrected chi connectivity index (χ4v) is 4.15. The van der Waals surface area contributed by atoms with Crippen LogP contribution in [0.2, 0.25) is 0 Å².